The molecule has 0 aliphatic heterocycles. The van der Waals surface area contributed by atoms with Crippen LogP contribution in [0.15, 0.2) is 29.2 Å². The second kappa shape index (κ2) is 6.79. The summed E-state index contributed by atoms with van der Waals surface area (Å²) in [5.74, 6) is -0.491. The Morgan fingerprint density at radius 2 is 1.95 bits per heavy atom. The van der Waals surface area contributed by atoms with Crippen LogP contribution >= 0.6 is 0 Å². The van der Waals surface area contributed by atoms with Gasteiger partial charge in [-0.1, -0.05) is 26.0 Å². The average Bonchev–Trinajstić information content (AvgIpc) is 2.33. The van der Waals surface area contributed by atoms with E-state index in [1.807, 2.05) is 13.8 Å². The Morgan fingerprint density at radius 3 is 2.47 bits per heavy atom. The fraction of sp³-hybridized carbons (Fsp3) is 0.385. The quantitative estimate of drug-likeness (QED) is 0.867. The Morgan fingerprint density at radius 1 is 1.32 bits per heavy atom. The second-order valence-electron chi connectivity index (χ2n) is 4.12. The maximum atomic E-state index is 13.2. The molecule has 0 bridgehead atoms. The first-order chi connectivity index (χ1) is 8.88. The lowest BCUT2D eigenvalue weighted by Gasteiger charge is -2.14. The number of nitrogens with two attached hydrogens (primary N) is 1. The van der Waals surface area contributed by atoms with Gasteiger partial charge in [0.05, 0.1) is 4.90 Å². The molecular weight excluding hydrogens is 267 g/mol. The normalized spacial score (nSPS) is 12.5. The minimum Gasteiger partial charge on any atom is -0.300 e. The van der Waals surface area contributed by atoms with Gasteiger partial charge in [0.1, 0.15) is 5.82 Å². The molecule has 0 spiro atoms. The summed E-state index contributed by atoms with van der Waals surface area (Å²) >= 11 is 0. The number of benzene rings is 1. The maximum absolute atomic E-state index is 13.2. The van der Waals surface area contributed by atoms with Crippen LogP contribution in [0, 0.1) is 5.82 Å². The van der Waals surface area contributed by atoms with Crippen LogP contribution < -0.4 is 5.14 Å². The summed E-state index contributed by atoms with van der Waals surface area (Å²) < 4.78 is 35.9. The smallest absolute Gasteiger partial charge is 0.238 e. The summed E-state index contributed by atoms with van der Waals surface area (Å²) in [6, 6.07) is 3.43. The maximum Gasteiger partial charge on any atom is 0.238 e. The van der Waals surface area contributed by atoms with Crippen molar-refractivity contribution in [2.24, 2.45) is 5.14 Å². The molecule has 0 aliphatic rings. The number of rotatable bonds is 6. The molecule has 0 aliphatic carbocycles. The van der Waals surface area contributed by atoms with Gasteiger partial charge in [0.2, 0.25) is 10.0 Å². The van der Waals surface area contributed by atoms with Gasteiger partial charge in [-0.15, -0.1) is 0 Å². The first-order valence-electron chi connectivity index (χ1n) is 6.09. The average molecular weight is 286 g/mol. The molecule has 106 valence electrons. The molecule has 0 unspecified atom stereocenters. The first-order valence-corrected chi connectivity index (χ1v) is 7.64. The van der Waals surface area contributed by atoms with Gasteiger partial charge in [-0.05, 0) is 36.9 Å². The van der Waals surface area contributed by atoms with Crippen molar-refractivity contribution < 1.29 is 12.8 Å². The highest BCUT2D eigenvalue weighted by molar-refractivity contribution is 7.89. The number of likely N-dealkylation sites (N-methyl/N-ethyl adjacent to an activating group) is 1. The fourth-order valence-corrected chi connectivity index (χ4v) is 2.43. The molecule has 0 fully saturated rings. The van der Waals surface area contributed by atoms with Crippen LogP contribution in [0.1, 0.15) is 19.4 Å². The summed E-state index contributed by atoms with van der Waals surface area (Å²) in [6.07, 6.45) is 3.39. The van der Waals surface area contributed by atoms with Gasteiger partial charge >= 0.3 is 0 Å². The largest absolute Gasteiger partial charge is 0.300 e. The SMILES string of the molecule is CCN(CC)C/C=C/c1cc(F)ccc1S(N)(=O)=O. The molecule has 6 heteroatoms. The number of nitrogens with zero attached hydrogens (tertiary/aromatic N) is 1. The summed E-state index contributed by atoms with van der Waals surface area (Å²) in [7, 11) is -3.84. The van der Waals surface area contributed by atoms with Gasteiger partial charge in [-0.2, -0.15) is 0 Å². The van der Waals surface area contributed by atoms with Gasteiger partial charge in [0.25, 0.3) is 0 Å². The zero-order valence-electron chi connectivity index (χ0n) is 11.1. The topological polar surface area (TPSA) is 63.4 Å². The van der Waals surface area contributed by atoms with Gasteiger partial charge in [0.15, 0.2) is 0 Å². The van der Waals surface area contributed by atoms with Crippen molar-refractivity contribution in [1.29, 1.82) is 0 Å². The van der Waals surface area contributed by atoms with Gasteiger partial charge in [0, 0.05) is 6.54 Å². The Labute approximate surface area is 113 Å². The summed E-state index contributed by atoms with van der Waals surface area (Å²) in [5.41, 5.74) is 0.273. The lowest BCUT2D eigenvalue weighted by atomic mass is 10.2. The monoisotopic (exact) mass is 286 g/mol. The molecule has 4 nitrogen and oxygen atoms in total. The van der Waals surface area contributed by atoms with E-state index >= 15 is 0 Å². The highest BCUT2D eigenvalue weighted by Gasteiger charge is 2.12. The summed E-state index contributed by atoms with van der Waals surface area (Å²) in [4.78, 5) is 2.08. The third kappa shape index (κ3) is 4.74. The second-order valence-corrected chi connectivity index (χ2v) is 5.65. The van der Waals surface area contributed by atoms with Crippen molar-refractivity contribution in [1.82, 2.24) is 4.90 Å². The molecule has 1 aromatic rings. The van der Waals surface area contributed by atoms with Crippen LogP contribution in [0.25, 0.3) is 6.08 Å². The van der Waals surface area contributed by atoms with Crippen LogP contribution in [0.2, 0.25) is 0 Å². The zero-order chi connectivity index (χ0) is 14.5. The van der Waals surface area contributed by atoms with E-state index in [1.165, 1.54) is 12.1 Å². The number of hydrogen-bond donors (Lipinski definition) is 1. The van der Waals surface area contributed by atoms with Crippen LogP contribution in [0.4, 0.5) is 4.39 Å². The van der Waals surface area contributed by atoms with Crippen molar-refractivity contribution in [3.8, 4) is 0 Å². The van der Waals surface area contributed by atoms with Gasteiger partial charge in [-0.25, -0.2) is 17.9 Å². The molecule has 0 amide bonds. The van der Waals surface area contributed by atoms with E-state index in [-0.39, 0.29) is 10.5 Å². The molecule has 1 rings (SSSR count). The molecule has 0 aromatic heterocycles. The molecular formula is C13H19FN2O2S. The predicted molar refractivity (Wildman–Crippen MR) is 74.6 cm³/mol. The number of primary sulfonamides is 1. The van der Waals surface area contributed by atoms with Crippen LogP contribution in [-0.2, 0) is 10.0 Å². The van der Waals surface area contributed by atoms with Crippen molar-refractivity contribution in [3.05, 3.63) is 35.7 Å². The van der Waals surface area contributed by atoms with E-state index in [1.54, 1.807) is 12.2 Å². The number of hydrogen-bond acceptors (Lipinski definition) is 3. The van der Waals surface area contributed by atoms with Crippen LogP contribution in [0.5, 0.6) is 0 Å². The number of sulfonamides is 1. The minimum atomic E-state index is -3.84. The minimum absolute atomic E-state index is 0.0651. The molecule has 2 N–H and O–H groups in total. The highest BCUT2D eigenvalue weighted by atomic mass is 32.2. The Balaban J connectivity index is 3.00. The third-order valence-electron chi connectivity index (χ3n) is 2.83. The van der Waals surface area contributed by atoms with Crippen molar-refractivity contribution >= 4 is 16.1 Å². The van der Waals surface area contributed by atoms with E-state index in [0.29, 0.717) is 6.54 Å². The molecule has 19 heavy (non-hydrogen) atoms. The van der Waals surface area contributed by atoms with E-state index < -0.39 is 15.8 Å². The molecule has 0 saturated heterocycles. The lowest BCUT2D eigenvalue weighted by Crippen LogP contribution is -2.22. The standard InChI is InChI=1S/C13H19FN2O2S/c1-3-16(4-2)9-5-6-11-10-12(14)7-8-13(11)19(15,17)18/h5-8,10H,3-4,9H2,1-2H3,(H2,15,17,18)/b6-5+. The Kier molecular flexibility index (Phi) is 5.65. The molecule has 1 aromatic carbocycles. The van der Waals surface area contributed by atoms with E-state index in [0.717, 1.165) is 19.2 Å². The van der Waals surface area contributed by atoms with Crippen molar-refractivity contribution in [3.63, 3.8) is 0 Å². The highest BCUT2D eigenvalue weighted by Crippen LogP contribution is 2.17. The first kappa shape index (κ1) is 15.8. The fourth-order valence-electron chi connectivity index (χ4n) is 1.72. The summed E-state index contributed by atoms with van der Waals surface area (Å²) in [5, 5.41) is 5.10. The summed E-state index contributed by atoms with van der Waals surface area (Å²) in [6.45, 7) is 6.54. The molecule has 0 atom stereocenters. The van der Waals surface area contributed by atoms with E-state index in [2.05, 4.69) is 4.90 Å². The van der Waals surface area contributed by atoms with Crippen LogP contribution in [-0.4, -0.2) is 33.0 Å². The Bertz CT molecular complexity index is 552. The molecule has 0 radical (unpaired) electrons. The lowest BCUT2D eigenvalue weighted by molar-refractivity contribution is 0.338. The third-order valence-corrected chi connectivity index (χ3v) is 3.82. The predicted octanol–water partition coefficient (Wildman–Crippen LogP) is 1.83. The van der Waals surface area contributed by atoms with E-state index in [4.69, 9.17) is 5.14 Å². The molecule has 0 saturated carbocycles. The molecule has 0 heterocycles. The Hall–Kier alpha value is -1.24. The van der Waals surface area contributed by atoms with Crippen LogP contribution in [0.3, 0.4) is 0 Å². The van der Waals surface area contributed by atoms with E-state index in [9.17, 15) is 12.8 Å². The van der Waals surface area contributed by atoms with Crippen molar-refractivity contribution in [2.45, 2.75) is 18.7 Å². The van der Waals surface area contributed by atoms with Crippen molar-refractivity contribution in [2.75, 3.05) is 19.6 Å². The van der Waals surface area contributed by atoms with Gasteiger partial charge in [-0.3, -0.25) is 0 Å². The number of halogens is 1. The van der Waals surface area contributed by atoms with Gasteiger partial charge < -0.3 is 4.90 Å². The zero-order valence-corrected chi connectivity index (χ0v) is 12.0.